The molecule has 8 nitrogen and oxygen atoms in total. The Bertz CT molecular complexity index is 1270. The van der Waals surface area contributed by atoms with Gasteiger partial charge >= 0.3 is 0 Å². The Morgan fingerprint density at radius 1 is 1.23 bits per heavy atom. The Kier molecular flexibility index (Phi) is 5.88. The topological polar surface area (TPSA) is 88.3 Å². The van der Waals surface area contributed by atoms with Crippen molar-refractivity contribution in [2.24, 2.45) is 0 Å². The Morgan fingerprint density at radius 3 is 2.77 bits per heavy atom. The summed E-state index contributed by atoms with van der Waals surface area (Å²) in [7, 11) is 0. The van der Waals surface area contributed by atoms with Crippen molar-refractivity contribution < 1.29 is 14.2 Å². The minimum atomic E-state index is -1.13. The molecule has 3 fully saturated rings. The van der Waals surface area contributed by atoms with Crippen LogP contribution in [-0.2, 0) is 4.74 Å². The number of likely N-dealkylation sites (tertiary alicyclic amines) is 1. The van der Waals surface area contributed by atoms with E-state index in [4.69, 9.17) is 27.9 Å². The lowest BCUT2D eigenvalue weighted by molar-refractivity contribution is -0.0237. The Morgan fingerprint density at radius 2 is 2.06 bits per heavy atom. The first kappa shape index (κ1) is 23.4. The fourth-order valence-corrected chi connectivity index (χ4v) is 5.80. The number of aromatic nitrogens is 4. The number of halogens is 3. The SMILES string of the molecule is C[C@@]1(N2CC[C@@H](c3cc4nc(Nc5cnn(C6CC6)c5Cl)ncc4cc3Cl)[C@H](F)C2)COC[C@@H]1O. The van der Waals surface area contributed by atoms with E-state index in [1.54, 1.807) is 18.5 Å². The van der Waals surface area contributed by atoms with Crippen LogP contribution in [0.1, 0.15) is 43.7 Å². The predicted octanol–water partition coefficient (Wildman–Crippen LogP) is 4.49. The number of benzene rings is 1. The zero-order valence-corrected chi connectivity index (χ0v) is 20.8. The molecule has 1 aromatic carbocycles. The summed E-state index contributed by atoms with van der Waals surface area (Å²) in [4.78, 5) is 11.0. The second kappa shape index (κ2) is 8.81. The van der Waals surface area contributed by atoms with Crippen LogP contribution >= 0.6 is 23.2 Å². The average molecular weight is 521 g/mol. The molecule has 0 unspecified atom stereocenters. The van der Waals surface area contributed by atoms with Crippen molar-refractivity contribution in [2.75, 3.05) is 31.6 Å². The van der Waals surface area contributed by atoms with Gasteiger partial charge in [-0.25, -0.2) is 19.0 Å². The lowest BCUT2D eigenvalue weighted by Crippen LogP contribution is -2.58. The molecule has 2 aromatic heterocycles. The molecule has 3 aromatic rings. The van der Waals surface area contributed by atoms with Crippen LogP contribution in [0.5, 0.6) is 0 Å². The molecule has 1 saturated carbocycles. The number of ether oxygens (including phenoxy) is 1. The van der Waals surface area contributed by atoms with Crippen LogP contribution in [0.2, 0.25) is 10.2 Å². The molecule has 186 valence electrons. The molecule has 2 saturated heterocycles. The summed E-state index contributed by atoms with van der Waals surface area (Å²) in [5.74, 6) is 0.0292. The van der Waals surface area contributed by atoms with Crippen molar-refractivity contribution in [2.45, 2.75) is 56.0 Å². The van der Waals surface area contributed by atoms with Crippen LogP contribution in [0, 0.1) is 0 Å². The summed E-state index contributed by atoms with van der Waals surface area (Å²) in [6.45, 7) is 3.49. The number of aliphatic hydroxyl groups is 1. The molecular weight excluding hydrogens is 494 g/mol. The third-order valence-electron chi connectivity index (χ3n) is 7.62. The van der Waals surface area contributed by atoms with Crippen LogP contribution in [0.25, 0.3) is 10.9 Å². The molecule has 4 heterocycles. The van der Waals surface area contributed by atoms with Gasteiger partial charge in [0.15, 0.2) is 5.15 Å². The van der Waals surface area contributed by atoms with Gasteiger partial charge in [-0.2, -0.15) is 5.10 Å². The van der Waals surface area contributed by atoms with Crippen molar-refractivity contribution in [3.05, 3.63) is 40.3 Å². The number of fused-ring (bicyclic) bond motifs is 1. The van der Waals surface area contributed by atoms with E-state index < -0.39 is 17.8 Å². The number of nitrogens with one attached hydrogen (secondary N) is 1. The standard InChI is InChI=1S/C24H27Cl2FN6O2/c1-24(12-35-11-21(24)34)32-5-4-15(18(27)10-32)16-7-19-13(6-17(16)25)8-28-23(30-19)31-20-9-29-33(22(20)26)14-2-3-14/h6-9,14-15,18,21,34H,2-5,10-12H2,1H3,(H,28,30,31)/t15-,18+,21-,24+/m0/s1. The molecule has 6 rings (SSSR count). The number of hydrogen-bond donors (Lipinski definition) is 2. The normalized spacial score (nSPS) is 29.7. The predicted molar refractivity (Wildman–Crippen MR) is 132 cm³/mol. The van der Waals surface area contributed by atoms with Crippen LogP contribution in [-0.4, -0.2) is 73.9 Å². The summed E-state index contributed by atoms with van der Waals surface area (Å²) >= 11 is 13.1. The van der Waals surface area contributed by atoms with E-state index >= 15 is 4.39 Å². The maximum Gasteiger partial charge on any atom is 0.227 e. The Labute approximate surface area is 212 Å². The highest BCUT2D eigenvalue weighted by Crippen LogP contribution is 2.41. The van der Waals surface area contributed by atoms with Gasteiger partial charge in [-0.3, -0.25) is 4.90 Å². The van der Waals surface area contributed by atoms with Crippen LogP contribution in [0.3, 0.4) is 0 Å². The van der Waals surface area contributed by atoms with Crippen molar-refractivity contribution in [3.8, 4) is 0 Å². The van der Waals surface area contributed by atoms with Gasteiger partial charge in [0.2, 0.25) is 5.95 Å². The van der Waals surface area contributed by atoms with E-state index in [0.717, 1.165) is 23.8 Å². The van der Waals surface area contributed by atoms with Gasteiger partial charge in [0.25, 0.3) is 0 Å². The van der Waals surface area contributed by atoms with Gasteiger partial charge in [-0.05, 0) is 50.4 Å². The van der Waals surface area contributed by atoms with Crippen molar-refractivity contribution >= 4 is 45.7 Å². The van der Waals surface area contributed by atoms with Gasteiger partial charge in [0.05, 0.1) is 48.3 Å². The summed E-state index contributed by atoms with van der Waals surface area (Å²) in [5, 5.41) is 19.7. The maximum atomic E-state index is 15.5. The lowest BCUT2D eigenvalue weighted by Gasteiger charge is -2.45. The van der Waals surface area contributed by atoms with Gasteiger partial charge in [0, 0.05) is 29.1 Å². The van der Waals surface area contributed by atoms with E-state index in [-0.39, 0.29) is 19.1 Å². The molecule has 0 radical (unpaired) electrons. The number of piperidine rings is 1. The summed E-state index contributed by atoms with van der Waals surface area (Å²) in [6, 6.07) is 4.03. The third-order valence-corrected chi connectivity index (χ3v) is 8.33. The molecule has 1 aliphatic carbocycles. The number of alkyl halides is 1. The molecule has 2 aliphatic heterocycles. The first-order valence-electron chi connectivity index (χ1n) is 11.9. The monoisotopic (exact) mass is 520 g/mol. The molecule has 4 atom stereocenters. The maximum absolute atomic E-state index is 15.5. The van der Waals surface area contributed by atoms with E-state index in [0.29, 0.717) is 52.9 Å². The summed E-state index contributed by atoms with van der Waals surface area (Å²) in [5.41, 5.74) is 1.50. The average Bonchev–Trinajstić information content (AvgIpc) is 3.54. The molecule has 0 spiro atoms. The fraction of sp³-hybridized carbons (Fsp3) is 0.542. The van der Waals surface area contributed by atoms with Gasteiger partial charge < -0.3 is 15.2 Å². The second-order valence-electron chi connectivity index (χ2n) is 10.0. The highest BCUT2D eigenvalue weighted by atomic mass is 35.5. The number of hydrogen-bond acceptors (Lipinski definition) is 7. The van der Waals surface area contributed by atoms with Gasteiger partial charge in [-0.1, -0.05) is 23.2 Å². The Hall–Kier alpha value is -2.04. The van der Waals surface area contributed by atoms with Gasteiger partial charge in [-0.15, -0.1) is 0 Å². The smallest absolute Gasteiger partial charge is 0.227 e. The quantitative estimate of drug-likeness (QED) is 0.512. The number of anilines is 2. The molecule has 35 heavy (non-hydrogen) atoms. The minimum absolute atomic E-state index is 0.218. The van der Waals surface area contributed by atoms with Crippen LogP contribution < -0.4 is 5.32 Å². The molecule has 0 amide bonds. The van der Waals surface area contributed by atoms with Gasteiger partial charge in [0.1, 0.15) is 6.17 Å². The highest BCUT2D eigenvalue weighted by Gasteiger charge is 2.47. The van der Waals surface area contributed by atoms with E-state index in [1.807, 2.05) is 22.6 Å². The third kappa shape index (κ3) is 4.17. The van der Waals surface area contributed by atoms with Crippen molar-refractivity contribution in [1.82, 2.24) is 24.6 Å². The van der Waals surface area contributed by atoms with Crippen LogP contribution in [0.4, 0.5) is 16.0 Å². The number of aliphatic hydroxyl groups excluding tert-OH is 1. The fourth-order valence-electron chi connectivity index (χ4n) is 5.21. The number of rotatable bonds is 5. The zero-order chi connectivity index (χ0) is 24.3. The van der Waals surface area contributed by atoms with E-state index in [9.17, 15) is 5.11 Å². The number of nitrogens with zero attached hydrogens (tertiary/aromatic N) is 5. The van der Waals surface area contributed by atoms with Crippen molar-refractivity contribution in [3.63, 3.8) is 0 Å². The zero-order valence-electron chi connectivity index (χ0n) is 19.3. The minimum Gasteiger partial charge on any atom is -0.389 e. The van der Waals surface area contributed by atoms with Crippen molar-refractivity contribution in [1.29, 1.82) is 0 Å². The molecule has 2 N–H and O–H groups in total. The second-order valence-corrected chi connectivity index (χ2v) is 10.8. The summed E-state index contributed by atoms with van der Waals surface area (Å²) in [6.07, 6.45) is 4.37. The molecular formula is C24H27Cl2FN6O2. The molecule has 0 bridgehead atoms. The largest absolute Gasteiger partial charge is 0.389 e. The first-order valence-corrected chi connectivity index (χ1v) is 12.7. The van der Waals surface area contributed by atoms with E-state index in [2.05, 4.69) is 20.4 Å². The molecule has 11 heteroatoms. The summed E-state index contributed by atoms with van der Waals surface area (Å²) < 4.78 is 22.8. The molecule has 3 aliphatic rings. The Balaban J connectivity index is 1.24. The lowest BCUT2D eigenvalue weighted by atomic mass is 9.84. The van der Waals surface area contributed by atoms with Crippen LogP contribution in [0.15, 0.2) is 24.5 Å². The highest BCUT2D eigenvalue weighted by molar-refractivity contribution is 6.32. The van der Waals surface area contributed by atoms with E-state index in [1.165, 1.54) is 0 Å². The first-order chi connectivity index (χ1) is 16.8.